The van der Waals surface area contributed by atoms with Crippen LogP contribution < -0.4 is 10.2 Å². The van der Waals surface area contributed by atoms with Crippen LogP contribution in [0.1, 0.15) is 26.5 Å². The molecule has 0 saturated carbocycles. The molecule has 3 nitrogen and oxygen atoms in total. The molecule has 1 aromatic rings. The van der Waals surface area contributed by atoms with Crippen LogP contribution in [-0.2, 0) is 6.54 Å². The maximum Gasteiger partial charge on any atom is 0.129 e. The van der Waals surface area contributed by atoms with Crippen molar-refractivity contribution >= 4 is 5.82 Å². The van der Waals surface area contributed by atoms with Gasteiger partial charge in [-0.2, -0.15) is 0 Å². The third-order valence-electron chi connectivity index (χ3n) is 2.61. The molecule has 0 amide bonds. The van der Waals surface area contributed by atoms with Gasteiger partial charge in [0.1, 0.15) is 5.82 Å². The largest absolute Gasteiger partial charge is 0.349 e. The van der Waals surface area contributed by atoms with Crippen LogP contribution in [0, 0.1) is 0 Å². The molecule has 0 spiro atoms. The van der Waals surface area contributed by atoms with Gasteiger partial charge in [-0.3, -0.25) is 0 Å². The minimum absolute atomic E-state index is 0.0968. The summed E-state index contributed by atoms with van der Waals surface area (Å²) in [6.45, 7) is 16.3. The summed E-state index contributed by atoms with van der Waals surface area (Å²) < 4.78 is 0. The van der Waals surface area contributed by atoms with Gasteiger partial charge in [0.2, 0.25) is 0 Å². The van der Waals surface area contributed by atoms with Crippen LogP contribution in [0.4, 0.5) is 5.82 Å². The molecule has 0 radical (unpaired) electrons. The van der Waals surface area contributed by atoms with E-state index in [1.54, 1.807) is 0 Å². The van der Waals surface area contributed by atoms with Crippen LogP contribution in [0.2, 0.25) is 0 Å². The van der Waals surface area contributed by atoms with Crippen LogP contribution in [0.3, 0.4) is 0 Å². The highest BCUT2D eigenvalue weighted by Gasteiger charge is 2.10. The molecular formula is C16H25N3. The molecule has 0 aromatic carbocycles. The van der Waals surface area contributed by atoms with E-state index >= 15 is 0 Å². The zero-order chi connectivity index (χ0) is 14.3. The Morgan fingerprint density at radius 1 is 1.21 bits per heavy atom. The summed E-state index contributed by atoms with van der Waals surface area (Å²) in [5, 5.41) is 3.45. The summed E-state index contributed by atoms with van der Waals surface area (Å²) >= 11 is 0. The molecule has 0 aliphatic rings. The van der Waals surface area contributed by atoms with Crippen LogP contribution in [0.25, 0.3) is 0 Å². The molecule has 3 heteroatoms. The molecule has 0 aliphatic carbocycles. The van der Waals surface area contributed by atoms with Gasteiger partial charge in [0, 0.05) is 25.2 Å². The van der Waals surface area contributed by atoms with Crippen molar-refractivity contribution in [2.75, 3.05) is 18.0 Å². The highest BCUT2D eigenvalue weighted by Crippen LogP contribution is 2.12. The van der Waals surface area contributed by atoms with Crippen molar-refractivity contribution in [1.29, 1.82) is 0 Å². The average molecular weight is 259 g/mol. The first-order valence-corrected chi connectivity index (χ1v) is 6.64. The molecule has 0 unspecified atom stereocenters. The van der Waals surface area contributed by atoms with Gasteiger partial charge in [0.05, 0.1) is 5.69 Å². The van der Waals surface area contributed by atoms with Gasteiger partial charge in [0.15, 0.2) is 0 Å². The van der Waals surface area contributed by atoms with Gasteiger partial charge >= 0.3 is 0 Å². The highest BCUT2D eigenvalue weighted by molar-refractivity contribution is 5.40. The van der Waals surface area contributed by atoms with Gasteiger partial charge in [-0.1, -0.05) is 18.2 Å². The van der Waals surface area contributed by atoms with E-state index in [0.717, 1.165) is 31.1 Å². The lowest BCUT2D eigenvalue weighted by atomic mass is 10.1. The van der Waals surface area contributed by atoms with E-state index in [-0.39, 0.29) is 5.54 Å². The molecule has 0 saturated heterocycles. The maximum absolute atomic E-state index is 4.68. The summed E-state index contributed by atoms with van der Waals surface area (Å²) in [6.07, 6.45) is 3.76. The first kappa shape index (κ1) is 15.4. The second-order valence-corrected chi connectivity index (χ2v) is 5.57. The SMILES string of the molecule is C=CCN(CC=C)c1cccc(CNC(C)(C)C)n1. The maximum atomic E-state index is 4.68. The molecule has 0 bridgehead atoms. The van der Waals surface area contributed by atoms with Crippen molar-refractivity contribution in [3.05, 3.63) is 49.2 Å². The van der Waals surface area contributed by atoms with Crippen molar-refractivity contribution in [3.63, 3.8) is 0 Å². The van der Waals surface area contributed by atoms with Crippen molar-refractivity contribution in [2.24, 2.45) is 0 Å². The van der Waals surface area contributed by atoms with E-state index in [9.17, 15) is 0 Å². The summed E-state index contributed by atoms with van der Waals surface area (Å²) in [6, 6.07) is 6.11. The first-order chi connectivity index (χ1) is 8.96. The fourth-order valence-corrected chi connectivity index (χ4v) is 1.67. The number of anilines is 1. The molecule has 0 aliphatic heterocycles. The topological polar surface area (TPSA) is 28.2 Å². The van der Waals surface area contributed by atoms with E-state index in [1.165, 1.54) is 0 Å². The fourth-order valence-electron chi connectivity index (χ4n) is 1.67. The van der Waals surface area contributed by atoms with Gasteiger partial charge in [-0.15, -0.1) is 13.2 Å². The predicted octanol–water partition coefficient (Wildman–Crippen LogP) is 3.15. The number of nitrogens with zero attached hydrogens (tertiary/aromatic N) is 2. The van der Waals surface area contributed by atoms with E-state index < -0.39 is 0 Å². The van der Waals surface area contributed by atoms with Crippen LogP contribution in [0.15, 0.2) is 43.5 Å². The summed E-state index contributed by atoms with van der Waals surface area (Å²) in [7, 11) is 0. The number of hydrogen-bond acceptors (Lipinski definition) is 3. The minimum atomic E-state index is 0.0968. The Morgan fingerprint density at radius 3 is 2.37 bits per heavy atom. The minimum Gasteiger partial charge on any atom is -0.349 e. The van der Waals surface area contributed by atoms with E-state index in [2.05, 4.69) is 49.1 Å². The smallest absolute Gasteiger partial charge is 0.129 e. The molecule has 1 aromatic heterocycles. The van der Waals surface area contributed by atoms with Gasteiger partial charge < -0.3 is 10.2 Å². The third-order valence-corrected chi connectivity index (χ3v) is 2.61. The number of aromatic nitrogens is 1. The summed E-state index contributed by atoms with van der Waals surface area (Å²) in [5.41, 5.74) is 1.14. The van der Waals surface area contributed by atoms with Gasteiger partial charge in [-0.25, -0.2) is 4.98 Å². The molecule has 0 fully saturated rings. The molecule has 1 rings (SSSR count). The van der Waals surface area contributed by atoms with E-state index in [1.807, 2.05) is 30.4 Å². The monoisotopic (exact) mass is 259 g/mol. The Hall–Kier alpha value is -1.61. The standard InChI is InChI=1S/C16H25N3/c1-6-11-19(12-7-2)15-10-8-9-14(18-15)13-17-16(3,4)5/h6-10,17H,1-2,11-13H2,3-5H3. The molecule has 1 heterocycles. The Kier molecular flexibility index (Phi) is 5.77. The zero-order valence-electron chi connectivity index (χ0n) is 12.3. The highest BCUT2D eigenvalue weighted by atomic mass is 15.2. The third kappa shape index (κ3) is 5.71. The Balaban J connectivity index is 2.79. The fraction of sp³-hybridized carbons (Fsp3) is 0.438. The Morgan fingerprint density at radius 2 is 1.84 bits per heavy atom. The number of pyridine rings is 1. The van der Waals surface area contributed by atoms with Crippen molar-refractivity contribution in [2.45, 2.75) is 32.9 Å². The first-order valence-electron chi connectivity index (χ1n) is 6.64. The molecular weight excluding hydrogens is 234 g/mol. The summed E-state index contributed by atoms with van der Waals surface area (Å²) in [5.74, 6) is 0.966. The lowest BCUT2D eigenvalue weighted by Crippen LogP contribution is -2.35. The second-order valence-electron chi connectivity index (χ2n) is 5.57. The van der Waals surface area contributed by atoms with Crippen molar-refractivity contribution in [1.82, 2.24) is 10.3 Å². The molecule has 1 N–H and O–H groups in total. The number of rotatable bonds is 7. The van der Waals surface area contributed by atoms with Gasteiger partial charge in [0.25, 0.3) is 0 Å². The van der Waals surface area contributed by atoms with Gasteiger partial charge in [-0.05, 0) is 32.9 Å². The predicted molar refractivity (Wildman–Crippen MR) is 83.4 cm³/mol. The van der Waals surface area contributed by atoms with Crippen molar-refractivity contribution < 1.29 is 0 Å². The number of hydrogen-bond donors (Lipinski definition) is 1. The quantitative estimate of drug-likeness (QED) is 0.762. The Labute approximate surface area is 117 Å². The normalized spacial score (nSPS) is 11.1. The molecule has 0 atom stereocenters. The molecule has 19 heavy (non-hydrogen) atoms. The lowest BCUT2D eigenvalue weighted by molar-refractivity contribution is 0.421. The van der Waals surface area contributed by atoms with E-state index in [4.69, 9.17) is 0 Å². The molecule has 104 valence electrons. The van der Waals surface area contributed by atoms with Crippen molar-refractivity contribution in [3.8, 4) is 0 Å². The number of nitrogens with one attached hydrogen (secondary N) is 1. The van der Waals surface area contributed by atoms with Crippen LogP contribution in [0.5, 0.6) is 0 Å². The summed E-state index contributed by atoms with van der Waals surface area (Å²) in [4.78, 5) is 6.82. The lowest BCUT2D eigenvalue weighted by Gasteiger charge is -2.23. The van der Waals surface area contributed by atoms with E-state index in [0.29, 0.717) is 0 Å². The van der Waals surface area contributed by atoms with Crippen LogP contribution >= 0.6 is 0 Å². The Bertz CT molecular complexity index is 408. The zero-order valence-corrected chi connectivity index (χ0v) is 12.3. The second kappa shape index (κ2) is 7.10. The van der Waals surface area contributed by atoms with Crippen LogP contribution in [-0.4, -0.2) is 23.6 Å². The average Bonchev–Trinajstić information content (AvgIpc) is 2.36.